The lowest BCUT2D eigenvalue weighted by atomic mass is 9.90. The summed E-state index contributed by atoms with van der Waals surface area (Å²) in [6, 6.07) is 5.79. The number of aldehydes is 1. The van der Waals surface area contributed by atoms with Gasteiger partial charge in [-0.25, -0.2) is 0 Å². The molecule has 1 aromatic carbocycles. The molecule has 0 aliphatic heterocycles. The van der Waals surface area contributed by atoms with E-state index in [1.54, 1.807) is 0 Å². The molecule has 0 atom stereocenters. The third-order valence-electron chi connectivity index (χ3n) is 1.55. The molecule has 2 heteroatoms. The first-order chi connectivity index (χ1) is 4.74. The highest BCUT2D eigenvalue weighted by Crippen LogP contribution is 1.95. The molecule has 0 aliphatic rings. The van der Waals surface area contributed by atoms with Crippen molar-refractivity contribution in [1.29, 1.82) is 0 Å². The van der Waals surface area contributed by atoms with Gasteiger partial charge in [0.25, 0.3) is 0 Å². The summed E-state index contributed by atoms with van der Waals surface area (Å²) in [7, 11) is 1.94. The van der Waals surface area contributed by atoms with Crippen molar-refractivity contribution in [3.63, 3.8) is 0 Å². The Hall–Kier alpha value is -1.05. The standard InChI is InChI=1S/C8H9BO/c1-6-2-3-7(5-10)8(9)4-6/h2-5H,9H2,1H3. The van der Waals surface area contributed by atoms with Gasteiger partial charge in [-0.05, 0) is 6.92 Å². The molecule has 0 spiro atoms. The van der Waals surface area contributed by atoms with Crippen molar-refractivity contribution in [1.82, 2.24) is 0 Å². The number of benzene rings is 1. The number of aryl methyl sites for hydroxylation is 1. The molecule has 0 saturated heterocycles. The molecule has 0 amide bonds. The van der Waals surface area contributed by atoms with Crippen LogP contribution >= 0.6 is 0 Å². The van der Waals surface area contributed by atoms with E-state index in [4.69, 9.17) is 0 Å². The summed E-state index contributed by atoms with van der Waals surface area (Å²) in [6.07, 6.45) is 0.884. The molecule has 0 N–H and O–H groups in total. The Morgan fingerprint density at radius 2 is 2.20 bits per heavy atom. The Labute approximate surface area is 61.5 Å². The first-order valence-corrected chi connectivity index (χ1v) is 3.26. The van der Waals surface area contributed by atoms with Crippen LogP contribution < -0.4 is 5.46 Å². The van der Waals surface area contributed by atoms with Crippen molar-refractivity contribution in [2.24, 2.45) is 0 Å². The lowest BCUT2D eigenvalue weighted by Crippen LogP contribution is -2.09. The van der Waals surface area contributed by atoms with Crippen LogP contribution in [0.4, 0.5) is 0 Å². The second-order valence-corrected chi connectivity index (χ2v) is 2.48. The number of hydrogen-bond donors (Lipinski definition) is 0. The lowest BCUT2D eigenvalue weighted by Gasteiger charge is -1.97. The van der Waals surface area contributed by atoms with E-state index in [1.165, 1.54) is 5.56 Å². The van der Waals surface area contributed by atoms with E-state index in [-0.39, 0.29) is 0 Å². The number of carbonyl (C=O) groups is 1. The van der Waals surface area contributed by atoms with Gasteiger partial charge < -0.3 is 0 Å². The zero-order valence-corrected chi connectivity index (χ0v) is 6.22. The van der Waals surface area contributed by atoms with Gasteiger partial charge in [0.1, 0.15) is 14.1 Å². The van der Waals surface area contributed by atoms with Gasteiger partial charge in [-0.2, -0.15) is 0 Å². The fourth-order valence-electron chi connectivity index (χ4n) is 0.958. The van der Waals surface area contributed by atoms with Gasteiger partial charge in [0, 0.05) is 5.56 Å². The van der Waals surface area contributed by atoms with Crippen LogP contribution in [-0.4, -0.2) is 14.1 Å². The van der Waals surface area contributed by atoms with Gasteiger partial charge in [-0.3, -0.25) is 4.79 Å². The molecule has 10 heavy (non-hydrogen) atoms. The van der Waals surface area contributed by atoms with Crippen molar-refractivity contribution in [3.05, 3.63) is 29.3 Å². The SMILES string of the molecule is Bc1cc(C)ccc1C=O. The second kappa shape index (κ2) is 2.69. The molecule has 0 unspecified atom stereocenters. The minimum Gasteiger partial charge on any atom is -0.298 e. The van der Waals surface area contributed by atoms with Gasteiger partial charge >= 0.3 is 0 Å². The topological polar surface area (TPSA) is 17.1 Å². The van der Waals surface area contributed by atoms with E-state index in [2.05, 4.69) is 0 Å². The third-order valence-corrected chi connectivity index (χ3v) is 1.55. The maximum Gasteiger partial charge on any atom is 0.149 e. The van der Waals surface area contributed by atoms with Crippen molar-refractivity contribution >= 4 is 19.6 Å². The molecular weight excluding hydrogens is 123 g/mol. The Balaban J connectivity index is 3.19. The molecule has 0 saturated carbocycles. The lowest BCUT2D eigenvalue weighted by molar-refractivity contribution is 0.112. The first-order valence-electron chi connectivity index (χ1n) is 3.26. The van der Waals surface area contributed by atoms with Crippen LogP contribution in [0.5, 0.6) is 0 Å². The molecule has 0 radical (unpaired) electrons. The normalized spacial score (nSPS) is 9.30. The van der Waals surface area contributed by atoms with E-state index >= 15 is 0 Å². The van der Waals surface area contributed by atoms with Gasteiger partial charge in [-0.1, -0.05) is 29.2 Å². The molecule has 0 heterocycles. The predicted octanol–water partition coefficient (Wildman–Crippen LogP) is 0.0659. The van der Waals surface area contributed by atoms with Gasteiger partial charge in [0.2, 0.25) is 0 Å². The molecule has 0 aromatic heterocycles. The molecule has 1 nitrogen and oxygen atoms in total. The monoisotopic (exact) mass is 132 g/mol. The fraction of sp³-hybridized carbons (Fsp3) is 0.125. The number of rotatable bonds is 1. The number of hydrogen-bond acceptors (Lipinski definition) is 1. The first kappa shape index (κ1) is 7.07. The van der Waals surface area contributed by atoms with Crippen LogP contribution in [-0.2, 0) is 0 Å². The summed E-state index contributed by atoms with van der Waals surface area (Å²) in [4.78, 5) is 10.3. The highest BCUT2D eigenvalue weighted by molar-refractivity contribution is 6.35. The Kier molecular flexibility index (Phi) is 1.90. The van der Waals surface area contributed by atoms with E-state index in [0.717, 1.165) is 17.3 Å². The van der Waals surface area contributed by atoms with Gasteiger partial charge in [-0.15, -0.1) is 0 Å². The highest BCUT2D eigenvalue weighted by atomic mass is 16.1. The Morgan fingerprint density at radius 3 is 2.70 bits per heavy atom. The molecule has 0 aliphatic carbocycles. The second-order valence-electron chi connectivity index (χ2n) is 2.48. The molecule has 1 rings (SSSR count). The Morgan fingerprint density at radius 1 is 1.50 bits per heavy atom. The number of carbonyl (C=O) groups excluding carboxylic acids is 1. The van der Waals surface area contributed by atoms with E-state index in [1.807, 2.05) is 33.0 Å². The summed E-state index contributed by atoms with van der Waals surface area (Å²) < 4.78 is 0. The quantitative estimate of drug-likeness (QED) is 0.390. The summed E-state index contributed by atoms with van der Waals surface area (Å²) in [6.45, 7) is 2.02. The molecule has 50 valence electrons. The van der Waals surface area contributed by atoms with Crippen molar-refractivity contribution in [3.8, 4) is 0 Å². The van der Waals surface area contributed by atoms with Crippen LogP contribution in [0.1, 0.15) is 15.9 Å². The summed E-state index contributed by atoms with van der Waals surface area (Å²) in [5.41, 5.74) is 3.03. The third kappa shape index (κ3) is 1.27. The van der Waals surface area contributed by atoms with E-state index in [0.29, 0.717) is 0 Å². The minimum absolute atomic E-state index is 0.783. The maximum atomic E-state index is 10.3. The van der Waals surface area contributed by atoms with Gasteiger partial charge in [0.15, 0.2) is 0 Å². The van der Waals surface area contributed by atoms with Crippen molar-refractivity contribution < 1.29 is 4.79 Å². The minimum atomic E-state index is 0.783. The largest absolute Gasteiger partial charge is 0.298 e. The Bertz CT molecular complexity index is 255. The van der Waals surface area contributed by atoms with E-state index < -0.39 is 0 Å². The van der Waals surface area contributed by atoms with Gasteiger partial charge in [0.05, 0.1) is 0 Å². The van der Waals surface area contributed by atoms with Crippen LogP contribution in [0.15, 0.2) is 18.2 Å². The van der Waals surface area contributed by atoms with Crippen molar-refractivity contribution in [2.75, 3.05) is 0 Å². The highest BCUT2D eigenvalue weighted by Gasteiger charge is 1.93. The summed E-state index contributed by atoms with van der Waals surface area (Å²) in [5, 5.41) is 0. The smallest absolute Gasteiger partial charge is 0.149 e. The van der Waals surface area contributed by atoms with Crippen LogP contribution in [0.3, 0.4) is 0 Å². The molecule has 1 aromatic rings. The predicted molar refractivity (Wildman–Crippen MR) is 44.7 cm³/mol. The van der Waals surface area contributed by atoms with Crippen LogP contribution in [0.2, 0.25) is 0 Å². The van der Waals surface area contributed by atoms with Crippen molar-refractivity contribution in [2.45, 2.75) is 6.92 Å². The summed E-state index contributed by atoms with van der Waals surface area (Å²) in [5.74, 6) is 0. The maximum absolute atomic E-state index is 10.3. The van der Waals surface area contributed by atoms with E-state index in [9.17, 15) is 4.79 Å². The average molecular weight is 132 g/mol. The van der Waals surface area contributed by atoms with Crippen LogP contribution in [0, 0.1) is 6.92 Å². The fourth-order valence-corrected chi connectivity index (χ4v) is 0.958. The zero-order chi connectivity index (χ0) is 7.56. The summed E-state index contributed by atoms with van der Waals surface area (Å²) >= 11 is 0. The average Bonchev–Trinajstić information content (AvgIpc) is 1.88. The molecular formula is C8H9BO. The molecule has 0 fully saturated rings. The molecule has 0 bridgehead atoms. The zero-order valence-electron chi connectivity index (χ0n) is 6.22. The van der Waals surface area contributed by atoms with Crippen LogP contribution in [0.25, 0.3) is 0 Å².